The normalized spacial score (nSPS) is 21.3. The molecule has 0 saturated carbocycles. The fraction of sp³-hybridized carbons (Fsp3) is 0.600. The highest BCUT2D eigenvalue weighted by Crippen LogP contribution is 2.34. The fourth-order valence-corrected chi connectivity index (χ4v) is 4.34. The lowest BCUT2D eigenvalue weighted by Gasteiger charge is -2.25. The number of nitrogens with zero attached hydrogens (tertiary/aromatic N) is 6. The van der Waals surface area contributed by atoms with Gasteiger partial charge in [-0.25, -0.2) is 9.97 Å². The lowest BCUT2D eigenvalue weighted by molar-refractivity contribution is -0.129. The molecule has 4 rings (SSSR count). The van der Waals surface area contributed by atoms with Crippen LogP contribution >= 0.6 is 0 Å². The van der Waals surface area contributed by atoms with E-state index in [0.717, 1.165) is 6.42 Å². The summed E-state index contributed by atoms with van der Waals surface area (Å²) in [6.45, 7) is 8.79. The number of hydrogen-bond acceptors (Lipinski definition) is 7. The molecule has 0 bridgehead atoms. The molecule has 0 aliphatic carbocycles. The van der Waals surface area contributed by atoms with Crippen LogP contribution in [0.1, 0.15) is 66.1 Å². The van der Waals surface area contributed by atoms with Crippen molar-refractivity contribution in [3.8, 4) is 0 Å². The van der Waals surface area contributed by atoms with Crippen molar-refractivity contribution in [3.05, 3.63) is 35.0 Å². The second-order valence-corrected chi connectivity index (χ2v) is 8.09. The molecule has 0 radical (unpaired) electrons. The number of hydrogen-bond donors (Lipinski definition) is 0. The van der Waals surface area contributed by atoms with E-state index >= 15 is 0 Å². The van der Waals surface area contributed by atoms with Crippen LogP contribution in [-0.4, -0.2) is 66.9 Å². The van der Waals surface area contributed by atoms with E-state index in [0.29, 0.717) is 54.6 Å². The first-order chi connectivity index (χ1) is 13.9. The van der Waals surface area contributed by atoms with E-state index in [9.17, 15) is 9.59 Å². The first-order valence-corrected chi connectivity index (χ1v) is 10.1. The Kier molecular flexibility index (Phi) is 5.06. The van der Waals surface area contributed by atoms with E-state index in [-0.39, 0.29) is 29.8 Å². The summed E-state index contributed by atoms with van der Waals surface area (Å²) >= 11 is 0. The predicted molar refractivity (Wildman–Crippen MR) is 103 cm³/mol. The minimum absolute atomic E-state index is 0.0353. The number of likely N-dealkylation sites (tertiary alicyclic amines) is 2. The Balaban J connectivity index is 1.46. The average Bonchev–Trinajstić information content (AvgIpc) is 3.35. The van der Waals surface area contributed by atoms with E-state index in [2.05, 4.69) is 20.1 Å². The van der Waals surface area contributed by atoms with Gasteiger partial charge in [-0.1, -0.05) is 19.0 Å². The van der Waals surface area contributed by atoms with Crippen LogP contribution in [0.2, 0.25) is 0 Å². The zero-order valence-electron chi connectivity index (χ0n) is 17.3. The molecule has 154 valence electrons. The summed E-state index contributed by atoms with van der Waals surface area (Å²) in [5.74, 6) is 1.39. The third-order valence-corrected chi connectivity index (χ3v) is 5.87. The van der Waals surface area contributed by atoms with Crippen LogP contribution in [0.4, 0.5) is 0 Å². The molecular weight excluding hydrogens is 372 g/mol. The molecule has 29 heavy (non-hydrogen) atoms. The van der Waals surface area contributed by atoms with E-state index in [1.54, 1.807) is 0 Å². The summed E-state index contributed by atoms with van der Waals surface area (Å²) in [6, 6.07) is -0.0707. The summed E-state index contributed by atoms with van der Waals surface area (Å²) < 4.78 is 5.25. The maximum atomic E-state index is 13.2. The van der Waals surface area contributed by atoms with Gasteiger partial charge >= 0.3 is 0 Å². The molecule has 2 atom stereocenters. The molecule has 2 aromatic heterocycles. The van der Waals surface area contributed by atoms with Crippen molar-refractivity contribution in [1.82, 2.24) is 29.9 Å². The zero-order chi connectivity index (χ0) is 20.7. The van der Waals surface area contributed by atoms with Gasteiger partial charge in [-0.05, 0) is 20.3 Å². The third-order valence-electron chi connectivity index (χ3n) is 5.87. The number of carbonyl (C=O) groups excluding carboxylic acids is 2. The Morgan fingerprint density at radius 2 is 1.97 bits per heavy atom. The largest absolute Gasteiger partial charge is 0.339 e. The van der Waals surface area contributed by atoms with Crippen LogP contribution in [0, 0.1) is 13.8 Å². The fourth-order valence-electron chi connectivity index (χ4n) is 4.34. The van der Waals surface area contributed by atoms with Gasteiger partial charge in [0.1, 0.15) is 6.33 Å². The van der Waals surface area contributed by atoms with Gasteiger partial charge in [0, 0.05) is 31.8 Å². The maximum absolute atomic E-state index is 13.2. The summed E-state index contributed by atoms with van der Waals surface area (Å²) in [5, 5.41) is 4.01. The highest BCUT2D eigenvalue weighted by atomic mass is 16.5. The van der Waals surface area contributed by atoms with Crippen molar-refractivity contribution >= 4 is 11.8 Å². The number of rotatable bonds is 5. The molecule has 0 N–H and O–H groups in total. The Morgan fingerprint density at radius 3 is 2.62 bits per heavy atom. The van der Waals surface area contributed by atoms with Gasteiger partial charge in [-0.15, -0.1) is 0 Å². The highest BCUT2D eigenvalue weighted by molar-refractivity contribution is 5.97. The minimum Gasteiger partial charge on any atom is -0.339 e. The van der Waals surface area contributed by atoms with Crippen LogP contribution in [0.25, 0.3) is 0 Å². The van der Waals surface area contributed by atoms with Gasteiger partial charge < -0.3 is 14.3 Å². The first-order valence-electron chi connectivity index (χ1n) is 10.1. The van der Waals surface area contributed by atoms with Gasteiger partial charge in [0.25, 0.3) is 5.91 Å². The van der Waals surface area contributed by atoms with E-state index in [1.807, 2.05) is 37.5 Å². The van der Waals surface area contributed by atoms with Gasteiger partial charge in [0.2, 0.25) is 11.8 Å². The van der Waals surface area contributed by atoms with E-state index < -0.39 is 0 Å². The second kappa shape index (κ2) is 7.53. The Labute approximate surface area is 169 Å². The molecule has 9 heteroatoms. The molecule has 9 nitrogen and oxygen atoms in total. The molecule has 4 heterocycles. The van der Waals surface area contributed by atoms with Crippen LogP contribution in [0.5, 0.6) is 0 Å². The number of fused-ring (bicyclic) bond motifs is 1. The van der Waals surface area contributed by atoms with Crippen molar-refractivity contribution in [2.45, 2.75) is 65.0 Å². The molecule has 2 aliphatic rings. The Hall–Kier alpha value is -2.84. The maximum Gasteiger partial charge on any atom is 0.257 e. The monoisotopic (exact) mass is 398 g/mol. The quantitative estimate of drug-likeness (QED) is 0.754. The highest BCUT2D eigenvalue weighted by Gasteiger charge is 2.48. The summed E-state index contributed by atoms with van der Waals surface area (Å²) in [5.41, 5.74) is 1.89. The summed E-state index contributed by atoms with van der Waals surface area (Å²) in [7, 11) is 0. The standard InChI is InChI=1S/C20H26N6O3/c1-11(2)19-23-16(24-29-19)6-8-25-14-5-7-26(15(14)9-17(25)27)20(28)18-12(3)21-10-22-13(18)4/h10-11,14-15H,5-9H2,1-4H3/t14-,15-/m0/s1. The SMILES string of the molecule is Cc1ncnc(C)c1C(=O)N1CC[C@H]2[C@@H]1CC(=O)N2CCc1noc(C(C)C)n1. The van der Waals surface area contributed by atoms with Crippen molar-refractivity contribution < 1.29 is 14.1 Å². The molecule has 2 amide bonds. The van der Waals surface area contributed by atoms with Crippen LogP contribution in [0.3, 0.4) is 0 Å². The zero-order valence-corrected chi connectivity index (χ0v) is 17.3. The van der Waals surface area contributed by atoms with Crippen LogP contribution in [0.15, 0.2) is 10.9 Å². The lowest BCUT2D eigenvalue weighted by Crippen LogP contribution is -2.41. The molecule has 2 aromatic rings. The molecule has 2 fully saturated rings. The Morgan fingerprint density at radius 1 is 1.24 bits per heavy atom. The lowest BCUT2D eigenvalue weighted by atomic mass is 10.1. The third kappa shape index (κ3) is 3.49. The van der Waals surface area contributed by atoms with Crippen molar-refractivity contribution in [1.29, 1.82) is 0 Å². The number of carbonyl (C=O) groups is 2. The second-order valence-electron chi connectivity index (χ2n) is 8.09. The molecule has 2 saturated heterocycles. The van der Waals surface area contributed by atoms with E-state index in [4.69, 9.17) is 4.52 Å². The molecular formula is C20H26N6O3. The number of aryl methyl sites for hydroxylation is 2. The van der Waals surface area contributed by atoms with Crippen molar-refractivity contribution in [2.75, 3.05) is 13.1 Å². The van der Waals surface area contributed by atoms with Gasteiger partial charge in [-0.2, -0.15) is 4.98 Å². The van der Waals surface area contributed by atoms with Gasteiger partial charge in [0.15, 0.2) is 5.82 Å². The summed E-state index contributed by atoms with van der Waals surface area (Å²) in [4.78, 5) is 42.3. The van der Waals surface area contributed by atoms with Crippen LogP contribution in [-0.2, 0) is 11.2 Å². The molecule has 0 aromatic carbocycles. The minimum atomic E-state index is -0.106. The van der Waals surface area contributed by atoms with Gasteiger partial charge in [0.05, 0.1) is 29.0 Å². The summed E-state index contributed by atoms with van der Waals surface area (Å²) in [6.07, 6.45) is 3.14. The van der Waals surface area contributed by atoms with E-state index in [1.165, 1.54) is 6.33 Å². The first kappa shape index (κ1) is 19.5. The predicted octanol–water partition coefficient (Wildman–Crippen LogP) is 1.66. The molecule has 0 unspecified atom stereocenters. The smallest absolute Gasteiger partial charge is 0.257 e. The number of aromatic nitrogens is 4. The van der Waals surface area contributed by atoms with Crippen molar-refractivity contribution in [3.63, 3.8) is 0 Å². The topological polar surface area (TPSA) is 105 Å². The van der Waals surface area contributed by atoms with Crippen LogP contribution < -0.4 is 0 Å². The number of amides is 2. The molecule has 0 spiro atoms. The Bertz CT molecular complexity index is 920. The molecule has 2 aliphatic heterocycles. The van der Waals surface area contributed by atoms with Gasteiger partial charge in [-0.3, -0.25) is 9.59 Å². The van der Waals surface area contributed by atoms with Crippen molar-refractivity contribution in [2.24, 2.45) is 0 Å². The average molecular weight is 398 g/mol.